The van der Waals surface area contributed by atoms with Crippen LogP contribution >= 0.6 is 15.9 Å². The third kappa shape index (κ3) is 4.73. The molecule has 0 unspecified atom stereocenters. The first-order valence-electron chi connectivity index (χ1n) is 5.05. The van der Waals surface area contributed by atoms with Crippen LogP contribution in [-0.2, 0) is 17.8 Å². The van der Waals surface area contributed by atoms with Gasteiger partial charge in [-0.05, 0) is 42.8 Å². The molecule has 6 heteroatoms. The molecule has 0 saturated heterocycles. The molecule has 0 saturated carbocycles. The zero-order chi connectivity index (χ0) is 13.1. The Balaban J connectivity index is 2.67. The molecule has 0 fully saturated rings. The zero-order valence-corrected chi connectivity index (χ0v) is 12.3. The predicted molar refractivity (Wildman–Crippen MR) is 72.0 cm³/mol. The fraction of sp³-hybridized carbons (Fsp3) is 0.455. The lowest BCUT2D eigenvalue weighted by molar-refractivity contribution is 0.561. The van der Waals surface area contributed by atoms with E-state index in [0.29, 0.717) is 10.0 Å². The summed E-state index contributed by atoms with van der Waals surface area (Å²) in [6, 6.07) is 1.63. The van der Waals surface area contributed by atoms with Crippen molar-refractivity contribution in [3.8, 4) is 0 Å². The van der Waals surface area contributed by atoms with Gasteiger partial charge in [0, 0.05) is 22.7 Å². The summed E-state index contributed by atoms with van der Waals surface area (Å²) in [5.74, 6) is -0.527. The van der Waals surface area contributed by atoms with Crippen molar-refractivity contribution in [2.75, 3.05) is 0 Å². The largest absolute Gasteiger partial charge is 0.591 e. The third-order valence-electron chi connectivity index (χ3n) is 1.88. The van der Waals surface area contributed by atoms with Gasteiger partial charge in [-0.2, -0.15) is 4.39 Å². The van der Waals surface area contributed by atoms with E-state index in [4.69, 9.17) is 0 Å². The van der Waals surface area contributed by atoms with Gasteiger partial charge in [-0.1, -0.05) is 4.40 Å². The Morgan fingerprint density at radius 2 is 2.24 bits per heavy atom. The molecule has 0 N–H and O–H groups in total. The average molecular weight is 321 g/mol. The maximum Gasteiger partial charge on any atom is 0.216 e. The first-order chi connectivity index (χ1) is 7.80. The minimum atomic E-state index is -1.31. The van der Waals surface area contributed by atoms with Crippen LogP contribution in [0.25, 0.3) is 0 Å². The lowest BCUT2D eigenvalue weighted by atomic mass is 10.2. The lowest BCUT2D eigenvalue weighted by Crippen LogP contribution is -2.25. The van der Waals surface area contributed by atoms with Gasteiger partial charge >= 0.3 is 0 Å². The van der Waals surface area contributed by atoms with Crippen molar-refractivity contribution in [1.82, 2.24) is 4.98 Å². The first kappa shape index (κ1) is 14.6. The summed E-state index contributed by atoms with van der Waals surface area (Å²) in [6.07, 6.45) is 3.14. The van der Waals surface area contributed by atoms with Crippen molar-refractivity contribution < 1.29 is 8.94 Å². The molecule has 17 heavy (non-hydrogen) atoms. The fourth-order valence-electron chi connectivity index (χ4n) is 0.969. The lowest BCUT2D eigenvalue weighted by Gasteiger charge is -2.17. The van der Waals surface area contributed by atoms with Crippen LogP contribution in [0.3, 0.4) is 0 Å². The molecule has 0 aromatic carbocycles. The Labute approximate surface area is 112 Å². The minimum Gasteiger partial charge on any atom is -0.591 e. The van der Waals surface area contributed by atoms with Gasteiger partial charge in [-0.25, -0.2) is 4.98 Å². The number of nitrogens with zero attached hydrogens (tertiary/aromatic N) is 2. The molecular weight excluding hydrogens is 307 g/mol. The Kier molecular flexibility index (Phi) is 5.09. The van der Waals surface area contributed by atoms with Crippen LogP contribution in [0.2, 0.25) is 0 Å². The topological polar surface area (TPSA) is 48.3 Å². The van der Waals surface area contributed by atoms with Crippen LogP contribution in [-0.4, -0.2) is 20.5 Å². The quantitative estimate of drug-likeness (QED) is 0.488. The smallest absolute Gasteiger partial charge is 0.216 e. The first-order valence-corrected chi connectivity index (χ1v) is 6.95. The SMILES string of the molecule is CC(C)(C)[S@@+]([O-])/N=C\Cc1cc(Br)cnc1F. The predicted octanol–water partition coefficient (Wildman–Crippen LogP) is 3.06. The monoisotopic (exact) mass is 320 g/mol. The van der Waals surface area contributed by atoms with E-state index < -0.39 is 22.1 Å². The highest BCUT2D eigenvalue weighted by molar-refractivity contribution is 9.10. The molecule has 0 amide bonds. The summed E-state index contributed by atoms with van der Waals surface area (Å²) < 4.78 is 29.1. The molecule has 1 atom stereocenters. The van der Waals surface area contributed by atoms with Crippen molar-refractivity contribution in [3.05, 3.63) is 28.2 Å². The molecule has 3 nitrogen and oxygen atoms in total. The molecule has 1 aromatic heterocycles. The van der Waals surface area contributed by atoms with Gasteiger partial charge in [0.15, 0.2) is 0 Å². The van der Waals surface area contributed by atoms with Gasteiger partial charge in [0.05, 0.1) is 6.21 Å². The molecule has 0 aliphatic rings. The average Bonchev–Trinajstić information content (AvgIpc) is 2.21. The van der Waals surface area contributed by atoms with E-state index in [1.54, 1.807) is 6.07 Å². The number of halogens is 2. The number of aromatic nitrogens is 1. The molecule has 0 aliphatic carbocycles. The number of pyridine rings is 1. The number of hydrogen-bond acceptors (Lipinski definition) is 3. The van der Waals surface area contributed by atoms with Crippen LogP contribution in [0, 0.1) is 5.95 Å². The summed E-state index contributed by atoms with van der Waals surface area (Å²) in [6.45, 7) is 5.51. The van der Waals surface area contributed by atoms with Gasteiger partial charge in [-0.3, -0.25) is 0 Å². The van der Waals surface area contributed by atoms with Gasteiger partial charge in [0.25, 0.3) is 0 Å². The van der Waals surface area contributed by atoms with Crippen molar-refractivity contribution >= 4 is 33.5 Å². The standard InChI is InChI=1S/C11H14BrFN2OS/c1-11(2,3)17(16)15-5-4-8-6-9(12)7-14-10(8)13/h5-7H,4H2,1-3H3/b15-5-/t17-/m1/s1. The summed E-state index contributed by atoms with van der Waals surface area (Å²) in [4.78, 5) is 3.57. The van der Waals surface area contributed by atoms with Gasteiger partial charge in [0.2, 0.25) is 5.95 Å². The Hall–Kier alpha value is -0.460. The molecule has 0 bridgehead atoms. The minimum absolute atomic E-state index is 0.278. The normalized spacial score (nSPS) is 14.2. The second-order valence-electron chi connectivity index (χ2n) is 4.46. The van der Waals surface area contributed by atoms with E-state index in [2.05, 4.69) is 25.3 Å². The molecule has 1 heterocycles. The fourth-order valence-corrected chi connectivity index (χ4v) is 1.87. The third-order valence-corrected chi connectivity index (χ3v) is 3.71. The Bertz CT molecular complexity index is 420. The van der Waals surface area contributed by atoms with Crippen molar-refractivity contribution in [2.45, 2.75) is 31.9 Å². The molecule has 1 aromatic rings. The second kappa shape index (κ2) is 5.93. The molecule has 94 valence electrons. The summed E-state index contributed by atoms with van der Waals surface area (Å²) >= 11 is 1.91. The van der Waals surface area contributed by atoms with E-state index in [9.17, 15) is 8.94 Å². The zero-order valence-electron chi connectivity index (χ0n) is 9.91. The number of hydrogen-bond donors (Lipinski definition) is 0. The van der Waals surface area contributed by atoms with Gasteiger partial charge < -0.3 is 4.55 Å². The highest BCUT2D eigenvalue weighted by Gasteiger charge is 2.25. The highest BCUT2D eigenvalue weighted by atomic mass is 79.9. The molecule has 0 aliphatic heterocycles. The Morgan fingerprint density at radius 3 is 2.82 bits per heavy atom. The maximum atomic E-state index is 13.3. The van der Waals surface area contributed by atoms with E-state index >= 15 is 0 Å². The molecule has 1 rings (SSSR count). The van der Waals surface area contributed by atoms with E-state index in [1.807, 2.05) is 20.8 Å². The maximum absolute atomic E-state index is 13.3. The van der Waals surface area contributed by atoms with Gasteiger partial charge in [0.1, 0.15) is 16.1 Å². The highest BCUT2D eigenvalue weighted by Crippen LogP contribution is 2.17. The summed E-state index contributed by atoms with van der Waals surface area (Å²) in [7, 11) is 0. The van der Waals surface area contributed by atoms with E-state index in [-0.39, 0.29) is 6.42 Å². The second-order valence-corrected chi connectivity index (χ2v) is 7.31. The van der Waals surface area contributed by atoms with Gasteiger partial charge in [-0.15, -0.1) is 0 Å². The summed E-state index contributed by atoms with van der Waals surface area (Å²) in [5.41, 5.74) is 0.425. The van der Waals surface area contributed by atoms with Crippen molar-refractivity contribution in [2.24, 2.45) is 4.40 Å². The molecule has 0 radical (unpaired) electrons. The van der Waals surface area contributed by atoms with Crippen LogP contribution in [0.15, 0.2) is 21.1 Å². The molecule has 0 spiro atoms. The van der Waals surface area contributed by atoms with Crippen molar-refractivity contribution in [3.63, 3.8) is 0 Å². The Morgan fingerprint density at radius 1 is 1.59 bits per heavy atom. The van der Waals surface area contributed by atoms with Crippen LogP contribution < -0.4 is 0 Å². The van der Waals surface area contributed by atoms with Crippen LogP contribution in [0.1, 0.15) is 26.3 Å². The number of rotatable bonds is 3. The summed E-state index contributed by atoms with van der Waals surface area (Å²) in [5, 5.41) is 0. The van der Waals surface area contributed by atoms with E-state index in [1.165, 1.54) is 12.4 Å². The van der Waals surface area contributed by atoms with E-state index in [0.717, 1.165) is 0 Å². The van der Waals surface area contributed by atoms with Crippen molar-refractivity contribution in [1.29, 1.82) is 0 Å². The molecular formula is C11H14BrFN2OS. The van der Waals surface area contributed by atoms with Crippen LogP contribution in [0.5, 0.6) is 0 Å². The van der Waals surface area contributed by atoms with Crippen LogP contribution in [0.4, 0.5) is 4.39 Å².